The number of fused-ring (bicyclic) bond motifs is 1. The lowest BCUT2D eigenvalue weighted by Gasteiger charge is -2.40. The van der Waals surface area contributed by atoms with E-state index in [0.29, 0.717) is 5.39 Å². The van der Waals surface area contributed by atoms with Crippen LogP contribution in [0.4, 0.5) is 0 Å². The van der Waals surface area contributed by atoms with Gasteiger partial charge in [0.25, 0.3) is 0 Å². The van der Waals surface area contributed by atoms with E-state index in [-0.39, 0.29) is 16.9 Å². The number of aliphatic hydroxyl groups is 4. The van der Waals surface area contributed by atoms with Crippen LogP contribution in [0, 0.1) is 0 Å². The molecule has 1 aromatic carbocycles. The van der Waals surface area contributed by atoms with Crippen molar-refractivity contribution in [2.45, 2.75) is 30.5 Å². The number of phenols is 1. The standard InChI is InChI=1S/C15H16O8/c16-5-10-12(19)13(20)14(21)15(23-10)7-3-6-1-2-11(18)22-9(6)4-8(7)17/h1-4,10,12-17,19-21H,5H2/t10-,12-,13+,14-,15?/m1/s1. The van der Waals surface area contributed by atoms with Crippen molar-refractivity contribution < 1.29 is 34.7 Å². The molecule has 0 bridgehead atoms. The molecule has 1 aliphatic rings. The topological polar surface area (TPSA) is 141 Å². The van der Waals surface area contributed by atoms with E-state index in [9.17, 15) is 30.3 Å². The summed E-state index contributed by atoms with van der Waals surface area (Å²) < 4.78 is 10.4. The van der Waals surface area contributed by atoms with Crippen LogP contribution < -0.4 is 5.63 Å². The van der Waals surface area contributed by atoms with Crippen molar-refractivity contribution >= 4 is 11.0 Å². The third kappa shape index (κ3) is 2.71. The lowest BCUT2D eigenvalue weighted by atomic mass is 9.90. The number of aliphatic hydroxyl groups excluding tert-OH is 4. The summed E-state index contributed by atoms with van der Waals surface area (Å²) in [4.78, 5) is 11.2. The van der Waals surface area contributed by atoms with Crippen molar-refractivity contribution in [2.75, 3.05) is 6.61 Å². The molecule has 1 aromatic heterocycles. The molecule has 0 radical (unpaired) electrons. The molecule has 5 N–H and O–H groups in total. The van der Waals surface area contributed by atoms with Gasteiger partial charge in [-0.15, -0.1) is 0 Å². The zero-order chi connectivity index (χ0) is 16.7. The van der Waals surface area contributed by atoms with Crippen LogP contribution in [-0.2, 0) is 4.74 Å². The largest absolute Gasteiger partial charge is 0.507 e. The van der Waals surface area contributed by atoms with Crippen molar-refractivity contribution in [1.29, 1.82) is 0 Å². The van der Waals surface area contributed by atoms with E-state index in [0.717, 1.165) is 0 Å². The second kappa shape index (κ2) is 5.91. The van der Waals surface area contributed by atoms with Gasteiger partial charge in [0.1, 0.15) is 41.9 Å². The maximum Gasteiger partial charge on any atom is 0.336 e. The highest BCUT2D eigenvalue weighted by Gasteiger charge is 2.44. The smallest absolute Gasteiger partial charge is 0.336 e. The summed E-state index contributed by atoms with van der Waals surface area (Å²) >= 11 is 0. The Bertz CT molecular complexity index is 768. The predicted octanol–water partition coefficient (Wildman–Crippen LogP) is -0.987. The highest BCUT2D eigenvalue weighted by Crippen LogP contribution is 2.38. The average molecular weight is 324 g/mol. The lowest BCUT2D eigenvalue weighted by molar-refractivity contribution is -0.232. The van der Waals surface area contributed by atoms with Crippen LogP contribution in [0.1, 0.15) is 11.7 Å². The van der Waals surface area contributed by atoms with Gasteiger partial charge >= 0.3 is 5.63 Å². The Morgan fingerprint density at radius 3 is 2.48 bits per heavy atom. The molecule has 5 atom stereocenters. The van der Waals surface area contributed by atoms with Crippen molar-refractivity contribution in [3.05, 3.63) is 40.2 Å². The van der Waals surface area contributed by atoms with Gasteiger partial charge in [-0.3, -0.25) is 0 Å². The fourth-order valence-corrected chi connectivity index (χ4v) is 2.71. The molecule has 1 unspecified atom stereocenters. The van der Waals surface area contributed by atoms with Crippen molar-refractivity contribution in [3.63, 3.8) is 0 Å². The Morgan fingerprint density at radius 1 is 1.04 bits per heavy atom. The first-order valence-corrected chi connectivity index (χ1v) is 6.99. The third-order valence-corrected chi connectivity index (χ3v) is 3.97. The first-order valence-electron chi connectivity index (χ1n) is 6.99. The van der Waals surface area contributed by atoms with Crippen molar-refractivity contribution in [1.82, 2.24) is 0 Å². The van der Waals surface area contributed by atoms with Gasteiger partial charge < -0.3 is 34.7 Å². The van der Waals surface area contributed by atoms with Gasteiger partial charge in [-0.1, -0.05) is 0 Å². The van der Waals surface area contributed by atoms with Crippen LogP contribution >= 0.6 is 0 Å². The summed E-state index contributed by atoms with van der Waals surface area (Å²) in [5.74, 6) is -0.309. The zero-order valence-corrected chi connectivity index (χ0v) is 11.9. The molecule has 0 aliphatic carbocycles. The molecule has 1 fully saturated rings. The molecule has 124 valence electrons. The lowest BCUT2D eigenvalue weighted by Crippen LogP contribution is -2.55. The SMILES string of the molecule is O=c1ccc2cc(C3O[C@H](CO)[C@@H](O)[C@H](O)[C@H]3O)c(O)cc2o1. The van der Waals surface area contributed by atoms with E-state index in [1.807, 2.05) is 0 Å². The summed E-state index contributed by atoms with van der Waals surface area (Å²) in [6, 6.07) is 5.33. The second-order valence-corrected chi connectivity index (χ2v) is 5.45. The molecule has 8 heteroatoms. The Hall–Kier alpha value is -1.97. The second-order valence-electron chi connectivity index (χ2n) is 5.45. The van der Waals surface area contributed by atoms with Crippen LogP contribution in [0.5, 0.6) is 5.75 Å². The molecule has 1 aliphatic heterocycles. The van der Waals surface area contributed by atoms with E-state index in [1.165, 1.54) is 24.3 Å². The molecule has 2 aromatic rings. The number of benzene rings is 1. The molecular formula is C15H16O8. The molecule has 3 rings (SSSR count). The zero-order valence-electron chi connectivity index (χ0n) is 11.9. The van der Waals surface area contributed by atoms with Gasteiger partial charge in [0.05, 0.1) is 6.61 Å². The first kappa shape index (κ1) is 15.9. The van der Waals surface area contributed by atoms with Gasteiger partial charge in [-0.25, -0.2) is 4.79 Å². The summed E-state index contributed by atoms with van der Waals surface area (Å²) in [5, 5.41) is 49.6. The maximum absolute atomic E-state index is 11.2. The highest BCUT2D eigenvalue weighted by atomic mass is 16.5. The predicted molar refractivity (Wildman–Crippen MR) is 76.9 cm³/mol. The Labute approximate surface area is 129 Å². The quantitative estimate of drug-likeness (QED) is 0.444. The van der Waals surface area contributed by atoms with Gasteiger partial charge in [0, 0.05) is 23.1 Å². The number of hydrogen-bond donors (Lipinski definition) is 5. The number of aromatic hydroxyl groups is 1. The van der Waals surface area contributed by atoms with Gasteiger partial charge in [0.15, 0.2) is 0 Å². The van der Waals surface area contributed by atoms with Crippen molar-refractivity contribution in [3.8, 4) is 5.75 Å². The van der Waals surface area contributed by atoms with E-state index < -0.39 is 42.8 Å². The van der Waals surface area contributed by atoms with Gasteiger partial charge in [-0.05, 0) is 12.1 Å². The first-order chi connectivity index (χ1) is 10.9. The Morgan fingerprint density at radius 2 is 1.78 bits per heavy atom. The molecule has 8 nitrogen and oxygen atoms in total. The van der Waals surface area contributed by atoms with Crippen LogP contribution in [0.25, 0.3) is 11.0 Å². The fraction of sp³-hybridized carbons (Fsp3) is 0.400. The molecule has 0 saturated carbocycles. The van der Waals surface area contributed by atoms with Crippen LogP contribution in [0.3, 0.4) is 0 Å². The van der Waals surface area contributed by atoms with Crippen molar-refractivity contribution in [2.24, 2.45) is 0 Å². The summed E-state index contributed by atoms with van der Waals surface area (Å²) in [7, 11) is 0. The highest BCUT2D eigenvalue weighted by molar-refractivity contribution is 5.79. The van der Waals surface area contributed by atoms with Gasteiger partial charge in [-0.2, -0.15) is 0 Å². The molecule has 0 amide bonds. The average Bonchev–Trinajstić information content (AvgIpc) is 2.53. The number of ether oxygens (including phenoxy) is 1. The minimum Gasteiger partial charge on any atom is -0.507 e. The molecule has 1 saturated heterocycles. The molecular weight excluding hydrogens is 308 g/mol. The molecule has 2 heterocycles. The summed E-state index contributed by atoms with van der Waals surface area (Å²) in [6.07, 6.45) is -6.78. The fourth-order valence-electron chi connectivity index (χ4n) is 2.71. The number of hydrogen-bond acceptors (Lipinski definition) is 8. The summed E-state index contributed by atoms with van der Waals surface area (Å²) in [5.41, 5.74) is -0.274. The van der Waals surface area contributed by atoms with Gasteiger partial charge in [0.2, 0.25) is 0 Å². The monoisotopic (exact) mass is 324 g/mol. The minimum absolute atomic E-state index is 0.142. The third-order valence-electron chi connectivity index (χ3n) is 3.97. The normalized spacial score (nSPS) is 31.4. The van der Waals surface area contributed by atoms with E-state index in [1.54, 1.807) is 0 Å². The molecule has 23 heavy (non-hydrogen) atoms. The number of rotatable bonds is 2. The van der Waals surface area contributed by atoms with E-state index >= 15 is 0 Å². The molecule has 0 spiro atoms. The van der Waals surface area contributed by atoms with Crippen LogP contribution in [-0.4, -0.2) is 56.6 Å². The number of phenolic OH excluding ortho intramolecular Hbond substituents is 1. The Balaban J connectivity index is 2.06. The van der Waals surface area contributed by atoms with Crippen LogP contribution in [0.2, 0.25) is 0 Å². The summed E-state index contributed by atoms with van der Waals surface area (Å²) in [6.45, 7) is -0.565. The van der Waals surface area contributed by atoms with Crippen LogP contribution in [0.15, 0.2) is 33.5 Å². The maximum atomic E-state index is 11.2. The Kier molecular flexibility index (Phi) is 4.09. The van der Waals surface area contributed by atoms with E-state index in [4.69, 9.17) is 9.15 Å². The van der Waals surface area contributed by atoms with E-state index in [2.05, 4.69) is 0 Å². The minimum atomic E-state index is -1.55.